The first-order chi connectivity index (χ1) is 17.1. The third-order valence-electron chi connectivity index (χ3n) is 6.06. The molecule has 0 saturated heterocycles. The number of benzene rings is 3. The molecule has 0 fully saturated rings. The third-order valence-corrected chi connectivity index (χ3v) is 7.68. The van der Waals surface area contributed by atoms with Crippen LogP contribution in [-0.4, -0.2) is 36.9 Å². The van der Waals surface area contributed by atoms with Crippen LogP contribution in [-0.2, 0) is 26.2 Å². The third kappa shape index (κ3) is 6.72. The summed E-state index contributed by atoms with van der Waals surface area (Å²) in [5.41, 5.74) is 3.42. The van der Waals surface area contributed by atoms with E-state index in [2.05, 4.69) is 15.9 Å². The van der Waals surface area contributed by atoms with Gasteiger partial charge in [0.1, 0.15) is 0 Å². The fourth-order valence-corrected chi connectivity index (χ4v) is 4.68. The zero-order valence-electron chi connectivity index (χ0n) is 21.4. The smallest absolute Gasteiger partial charge is 0.234 e. The molecule has 7 heteroatoms. The number of hydrogen-bond donors (Lipinski definition) is 2. The van der Waals surface area contributed by atoms with Gasteiger partial charge in [-0.05, 0) is 79.3 Å². The van der Waals surface area contributed by atoms with Gasteiger partial charge in [-0.1, -0.05) is 41.7 Å². The Hall–Kier alpha value is -3.67. The highest BCUT2D eigenvalue weighted by molar-refractivity contribution is 8.14. The molecular weight excluding hydrogens is 470 g/mol. The SMILES string of the molecule is CCS(=C=O)c1ccc(CC(=O)Nc2ccc(C(C)(C)C(=O)Nc3ccc(N(C)C)cc3)cc2)cc1. The van der Waals surface area contributed by atoms with Gasteiger partial charge in [-0.2, -0.15) is 0 Å². The van der Waals surface area contributed by atoms with E-state index in [0.29, 0.717) is 5.69 Å². The summed E-state index contributed by atoms with van der Waals surface area (Å²) >= 11 is 0. The highest BCUT2D eigenvalue weighted by Crippen LogP contribution is 2.28. The summed E-state index contributed by atoms with van der Waals surface area (Å²) in [5.74, 6) is 0.477. The maximum Gasteiger partial charge on any atom is 0.234 e. The second-order valence-electron chi connectivity index (χ2n) is 9.23. The molecule has 1 atom stereocenters. The molecule has 3 aromatic rings. The van der Waals surface area contributed by atoms with E-state index in [4.69, 9.17) is 0 Å². The number of nitrogens with one attached hydrogen (secondary N) is 2. The van der Waals surface area contributed by atoms with Crippen LogP contribution in [0.3, 0.4) is 0 Å². The van der Waals surface area contributed by atoms with Crippen molar-refractivity contribution in [2.75, 3.05) is 35.4 Å². The van der Waals surface area contributed by atoms with Gasteiger partial charge in [0.2, 0.25) is 11.8 Å². The van der Waals surface area contributed by atoms with Crippen molar-refractivity contribution in [2.24, 2.45) is 0 Å². The van der Waals surface area contributed by atoms with E-state index in [9.17, 15) is 14.4 Å². The largest absolute Gasteiger partial charge is 0.378 e. The van der Waals surface area contributed by atoms with Crippen LogP contribution >= 0.6 is 10.5 Å². The van der Waals surface area contributed by atoms with Crippen LogP contribution in [0, 0.1) is 0 Å². The van der Waals surface area contributed by atoms with E-state index >= 15 is 0 Å². The summed E-state index contributed by atoms with van der Waals surface area (Å²) in [5, 5.41) is 7.97. The van der Waals surface area contributed by atoms with Crippen molar-refractivity contribution in [2.45, 2.75) is 37.5 Å². The molecule has 0 spiro atoms. The van der Waals surface area contributed by atoms with Gasteiger partial charge in [-0.25, -0.2) is 4.79 Å². The average molecular weight is 504 g/mol. The Balaban J connectivity index is 1.60. The zero-order valence-corrected chi connectivity index (χ0v) is 22.2. The maximum atomic E-state index is 13.0. The van der Waals surface area contributed by atoms with Gasteiger partial charge in [0, 0.05) is 36.1 Å². The van der Waals surface area contributed by atoms with Gasteiger partial charge in [-0.15, -0.1) is 0 Å². The first-order valence-corrected chi connectivity index (χ1v) is 13.2. The monoisotopic (exact) mass is 503 g/mol. The van der Waals surface area contributed by atoms with Gasteiger partial charge in [0.15, 0.2) is 5.23 Å². The Labute approximate surface area is 215 Å². The number of hydrogen-bond acceptors (Lipinski definition) is 4. The molecule has 3 aromatic carbocycles. The van der Waals surface area contributed by atoms with Crippen molar-refractivity contribution >= 4 is 44.6 Å². The van der Waals surface area contributed by atoms with Gasteiger partial charge >= 0.3 is 0 Å². The van der Waals surface area contributed by atoms with Crippen LogP contribution in [0.1, 0.15) is 31.9 Å². The summed E-state index contributed by atoms with van der Waals surface area (Å²) in [7, 11) is 3.42. The molecule has 2 N–H and O–H groups in total. The van der Waals surface area contributed by atoms with E-state index in [1.807, 2.05) is 113 Å². The molecule has 0 heterocycles. The molecule has 0 aliphatic carbocycles. The lowest BCUT2D eigenvalue weighted by Crippen LogP contribution is -2.34. The Morgan fingerprint density at radius 3 is 1.94 bits per heavy atom. The van der Waals surface area contributed by atoms with E-state index in [0.717, 1.165) is 33.2 Å². The van der Waals surface area contributed by atoms with Gasteiger partial charge in [0.05, 0.1) is 11.8 Å². The fourth-order valence-electron chi connectivity index (χ4n) is 3.67. The second-order valence-corrected chi connectivity index (χ2v) is 11.2. The number of rotatable bonds is 9. The van der Waals surface area contributed by atoms with Crippen molar-refractivity contribution < 1.29 is 14.4 Å². The average Bonchev–Trinajstić information content (AvgIpc) is 2.86. The predicted molar refractivity (Wildman–Crippen MR) is 150 cm³/mol. The number of amides is 2. The Morgan fingerprint density at radius 2 is 1.42 bits per heavy atom. The predicted octanol–water partition coefficient (Wildman–Crippen LogP) is 5.57. The van der Waals surface area contributed by atoms with Crippen molar-refractivity contribution in [1.82, 2.24) is 0 Å². The highest BCUT2D eigenvalue weighted by atomic mass is 32.2. The fraction of sp³-hybridized carbons (Fsp3) is 0.276. The molecule has 0 saturated carbocycles. The minimum atomic E-state index is -0.763. The molecule has 0 aliphatic rings. The molecule has 6 nitrogen and oxygen atoms in total. The van der Waals surface area contributed by atoms with Gasteiger partial charge in [0.25, 0.3) is 0 Å². The Bertz CT molecular complexity index is 1260. The lowest BCUT2D eigenvalue weighted by atomic mass is 9.83. The topological polar surface area (TPSA) is 78.5 Å². The van der Waals surface area contributed by atoms with Gasteiger partial charge in [-0.3, -0.25) is 9.59 Å². The zero-order chi connectivity index (χ0) is 26.3. The van der Waals surface area contributed by atoms with Crippen LogP contribution in [0.5, 0.6) is 0 Å². The molecule has 0 aliphatic heterocycles. The molecule has 0 aromatic heterocycles. The molecule has 0 bridgehead atoms. The standard InChI is InChI=1S/C29H33N3O3S/c1-6-36(20-33)26-17-7-21(8-18-26)19-27(34)30-23-11-9-22(10-12-23)29(2,3)28(35)31-24-13-15-25(16-14-24)32(4)5/h7-18H,6,19H2,1-5H3,(H,30,34)(H,31,35). The minimum absolute atomic E-state index is 0.113. The highest BCUT2D eigenvalue weighted by Gasteiger charge is 2.29. The van der Waals surface area contributed by atoms with E-state index < -0.39 is 15.9 Å². The van der Waals surface area contributed by atoms with E-state index in [1.165, 1.54) is 0 Å². The molecule has 0 radical (unpaired) electrons. The first-order valence-electron chi connectivity index (χ1n) is 11.8. The second kappa shape index (κ2) is 11.8. The molecule has 3 rings (SSSR count). The number of anilines is 3. The van der Waals surface area contributed by atoms with Crippen molar-refractivity contribution in [3.8, 4) is 0 Å². The molecule has 1 unspecified atom stereocenters. The maximum absolute atomic E-state index is 13.0. The van der Waals surface area contributed by atoms with Crippen LogP contribution in [0.15, 0.2) is 77.7 Å². The Kier molecular flexibility index (Phi) is 8.86. The first kappa shape index (κ1) is 26.9. The summed E-state index contributed by atoms with van der Waals surface area (Å²) < 4.78 is 0. The summed E-state index contributed by atoms with van der Waals surface area (Å²) in [6, 6.07) is 22.6. The Morgan fingerprint density at radius 1 is 0.861 bits per heavy atom. The van der Waals surface area contributed by atoms with Crippen LogP contribution in [0.2, 0.25) is 0 Å². The number of carbonyl (C=O) groups excluding carboxylic acids is 3. The quantitative estimate of drug-likeness (QED) is 0.375. The summed E-state index contributed by atoms with van der Waals surface area (Å²) in [6.45, 7) is 5.71. The molecular formula is C29H33N3O3S. The summed E-state index contributed by atoms with van der Waals surface area (Å²) in [6.07, 6.45) is 0.229. The molecule has 36 heavy (non-hydrogen) atoms. The molecule has 2 amide bonds. The van der Waals surface area contributed by atoms with Gasteiger partial charge < -0.3 is 15.5 Å². The normalized spacial score (nSPS) is 11.8. The van der Waals surface area contributed by atoms with Crippen molar-refractivity contribution in [3.05, 3.63) is 83.9 Å². The van der Waals surface area contributed by atoms with Crippen molar-refractivity contribution in [1.29, 1.82) is 0 Å². The molecule has 188 valence electrons. The van der Waals surface area contributed by atoms with Crippen LogP contribution < -0.4 is 15.5 Å². The lowest BCUT2D eigenvalue weighted by Gasteiger charge is -2.25. The van der Waals surface area contributed by atoms with E-state index in [1.54, 1.807) is 0 Å². The number of nitrogens with zero attached hydrogens (tertiary/aromatic N) is 1. The van der Waals surface area contributed by atoms with Crippen LogP contribution in [0.25, 0.3) is 0 Å². The lowest BCUT2D eigenvalue weighted by molar-refractivity contribution is -0.120. The van der Waals surface area contributed by atoms with Crippen LogP contribution in [0.4, 0.5) is 17.1 Å². The van der Waals surface area contributed by atoms with E-state index in [-0.39, 0.29) is 18.2 Å². The van der Waals surface area contributed by atoms with Crippen molar-refractivity contribution in [3.63, 3.8) is 0 Å². The summed E-state index contributed by atoms with van der Waals surface area (Å²) in [4.78, 5) is 39.5. The number of carbonyl (C=O) groups is 2. The minimum Gasteiger partial charge on any atom is -0.378 e.